The van der Waals surface area contributed by atoms with E-state index in [1.807, 2.05) is 0 Å². The molecular formula is C24H25F3N4O3S2. The van der Waals surface area contributed by atoms with Gasteiger partial charge in [-0.2, -0.15) is 13.2 Å². The van der Waals surface area contributed by atoms with Crippen LogP contribution in [0.2, 0.25) is 0 Å². The van der Waals surface area contributed by atoms with E-state index in [0.29, 0.717) is 32.8 Å². The average Bonchev–Trinajstić information content (AvgIpc) is 3.63. The molecule has 2 heterocycles. The number of nitrogens with one attached hydrogen (secondary N) is 1. The Kier molecular flexibility index (Phi) is 7.74. The minimum atomic E-state index is -4.71. The maximum absolute atomic E-state index is 13.9. The lowest BCUT2D eigenvalue weighted by Gasteiger charge is -2.24. The van der Waals surface area contributed by atoms with Crippen molar-refractivity contribution in [2.45, 2.75) is 41.5 Å². The van der Waals surface area contributed by atoms with E-state index in [0.717, 1.165) is 18.9 Å². The average molecular weight is 539 g/mol. The summed E-state index contributed by atoms with van der Waals surface area (Å²) in [6, 6.07) is 2.28. The molecule has 1 aliphatic carbocycles. The Labute approximate surface area is 214 Å². The molecule has 0 spiro atoms. The Morgan fingerprint density at radius 2 is 1.86 bits per heavy atom. The van der Waals surface area contributed by atoms with Crippen molar-refractivity contribution < 1.29 is 27.6 Å². The molecule has 0 atom stereocenters. The highest BCUT2D eigenvalue weighted by Gasteiger charge is 2.37. The summed E-state index contributed by atoms with van der Waals surface area (Å²) in [5, 5.41) is 3.19. The molecule has 1 N–H and O–H groups in total. The summed E-state index contributed by atoms with van der Waals surface area (Å²) in [4.78, 5) is 44.8. The number of aromatic nitrogens is 1. The molecule has 1 aliphatic heterocycles. The third-order valence-electron chi connectivity index (χ3n) is 5.99. The van der Waals surface area contributed by atoms with Crippen molar-refractivity contribution >= 4 is 46.0 Å². The first-order valence-corrected chi connectivity index (χ1v) is 13.1. The van der Waals surface area contributed by atoms with E-state index < -0.39 is 23.2 Å². The van der Waals surface area contributed by atoms with Gasteiger partial charge in [0.1, 0.15) is 0 Å². The fraction of sp³-hybridized carbons (Fsp3) is 0.417. The number of hydrogen-bond acceptors (Lipinski definition) is 6. The first kappa shape index (κ1) is 26.2. The SMILES string of the molecule is C=CC(=O)N1CCCN(C(=O)c2cc(Sc3cnc(NC(=O)C4CC4)s3)c(C)cc2C(F)(F)F)CC1. The van der Waals surface area contributed by atoms with Crippen LogP contribution in [0.25, 0.3) is 0 Å². The maximum Gasteiger partial charge on any atom is 0.417 e. The van der Waals surface area contributed by atoms with Gasteiger partial charge in [-0.25, -0.2) is 4.98 Å². The van der Waals surface area contributed by atoms with Crippen molar-refractivity contribution in [1.82, 2.24) is 14.8 Å². The standard InChI is InChI=1S/C24H25F3N4O3S2/c1-3-19(32)30-7-4-8-31(10-9-30)22(34)16-12-18(14(2)11-17(16)24(25,26)27)35-20-13-28-23(36-20)29-21(33)15-5-6-15/h3,11-13,15H,1,4-10H2,2H3,(H,28,29,33). The smallest absolute Gasteiger partial charge is 0.337 e. The van der Waals surface area contributed by atoms with Crippen LogP contribution in [0.1, 0.15) is 40.7 Å². The summed E-state index contributed by atoms with van der Waals surface area (Å²) >= 11 is 2.42. The molecule has 36 heavy (non-hydrogen) atoms. The van der Waals surface area contributed by atoms with Gasteiger partial charge in [-0.15, -0.1) is 0 Å². The Balaban J connectivity index is 1.57. The molecule has 1 aromatic heterocycles. The molecule has 1 saturated heterocycles. The first-order valence-electron chi connectivity index (χ1n) is 11.4. The van der Waals surface area contributed by atoms with Gasteiger partial charge in [0.15, 0.2) is 5.13 Å². The molecule has 1 saturated carbocycles. The fourth-order valence-electron chi connectivity index (χ4n) is 3.88. The zero-order chi connectivity index (χ0) is 26.0. The Morgan fingerprint density at radius 1 is 1.17 bits per heavy atom. The number of amides is 3. The molecule has 192 valence electrons. The number of carbonyl (C=O) groups is 3. The molecular weight excluding hydrogens is 513 g/mol. The normalized spacial score (nSPS) is 16.4. The lowest BCUT2D eigenvalue weighted by Crippen LogP contribution is -2.37. The van der Waals surface area contributed by atoms with Crippen molar-refractivity contribution in [3.8, 4) is 0 Å². The van der Waals surface area contributed by atoms with Crippen LogP contribution in [0.5, 0.6) is 0 Å². The predicted octanol–water partition coefficient (Wildman–Crippen LogP) is 4.83. The molecule has 2 aromatic rings. The highest BCUT2D eigenvalue weighted by Crippen LogP contribution is 2.41. The minimum Gasteiger partial charge on any atom is -0.337 e. The molecule has 0 unspecified atom stereocenters. The summed E-state index contributed by atoms with van der Waals surface area (Å²) in [5.74, 6) is -1.05. The number of anilines is 1. The van der Waals surface area contributed by atoms with E-state index in [1.165, 1.54) is 45.0 Å². The lowest BCUT2D eigenvalue weighted by atomic mass is 10.0. The summed E-state index contributed by atoms with van der Waals surface area (Å²) in [7, 11) is 0. The number of nitrogens with zero attached hydrogens (tertiary/aromatic N) is 3. The van der Waals surface area contributed by atoms with E-state index in [4.69, 9.17) is 0 Å². The van der Waals surface area contributed by atoms with Crippen LogP contribution in [0, 0.1) is 12.8 Å². The lowest BCUT2D eigenvalue weighted by molar-refractivity contribution is -0.138. The van der Waals surface area contributed by atoms with Crippen LogP contribution in [0.15, 0.2) is 40.1 Å². The number of thiazole rings is 1. The second-order valence-electron chi connectivity index (χ2n) is 8.69. The maximum atomic E-state index is 13.9. The molecule has 7 nitrogen and oxygen atoms in total. The topological polar surface area (TPSA) is 82.6 Å². The van der Waals surface area contributed by atoms with Crippen LogP contribution in [0.4, 0.5) is 18.3 Å². The molecule has 2 fully saturated rings. The summed E-state index contributed by atoms with van der Waals surface area (Å²) in [6.45, 7) is 6.02. The van der Waals surface area contributed by atoms with E-state index in [1.54, 1.807) is 13.1 Å². The van der Waals surface area contributed by atoms with Crippen molar-refractivity contribution in [3.05, 3.63) is 47.7 Å². The van der Waals surface area contributed by atoms with Gasteiger partial charge in [-0.3, -0.25) is 14.4 Å². The van der Waals surface area contributed by atoms with Gasteiger partial charge in [0.05, 0.1) is 21.5 Å². The van der Waals surface area contributed by atoms with Crippen LogP contribution in [-0.2, 0) is 15.8 Å². The van der Waals surface area contributed by atoms with Crippen LogP contribution < -0.4 is 5.32 Å². The van der Waals surface area contributed by atoms with Crippen molar-refractivity contribution in [2.75, 3.05) is 31.5 Å². The molecule has 2 aliphatic rings. The number of rotatable bonds is 6. The second kappa shape index (κ2) is 10.6. The van der Waals surface area contributed by atoms with E-state index in [2.05, 4.69) is 16.9 Å². The van der Waals surface area contributed by atoms with Crippen molar-refractivity contribution in [2.24, 2.45) is 5.92 Å². The number of alkyl halides is 3. The van der Waals surface area contributed by atoms with Crippen LogP contribution in [-0.4, -0.2) is 58.7 Å². The Bertz CT molecular complexity index is 1190. The third kappa shape index (κ3) is 6.09. The van der Waals surface area contributed by atoms with Crippen molar-refractivity contribution in [3.63, 3.8) is 0 Å². The van der Waals surface area contributed by atoms with Gasteiger partial charge in [0.25, 0.3) is 5.91 Å². The highest BCUT2D eigenvalue weighted by molar-refractivity contribution is 8.01. The number of benzene rings is 1. The molecule has 4 rings (SSSR count). The second-order valence-corrected chi connectivity index (χ2v) is 11.1. The number of aryl methyl sites for hydroxylation is 1. The minimum absolute atomic E-state index is 0.0247. The Morgan fingerprint density at radius 3 is 2.53 bits per heavy atom. The molecule has 1 aromatic carbocycles. The van der Waals surface area contributed by atoms with Gasteiger partial charge in [0.2, 0.25) is 11.8 Å². The predicted molar refractivity (Wildman–Crippen MR) is 131 cm³/mol. The van der Waals surface area contributed by atoms with Gasteiger partial charge in [-0.05, 0) is 50.0 Å². The van der Waals surface area contributed by atoms with Gasteiger partial charge in [-0.1, -0.05) is 29.7 Å². The van der Waals surface area contributed by atoms with E-state index in [9.17, 15) is 27.6 Å². The highest BCUT2D eigenvalue weighted by atomic mass is 32.2. The number of hydrogen-bond donors (Lipinski definition) is 1. The van der Waals surface area contributed by atoms with Gasteiger partial charge >= 0.3 is 6.18 Å². The van der Waals surface area contributed by atoms with E-state index >= 15 is 0 Å². The van der Waals surface area contributed by atoms with Gasteiger partial charge in [0, 0.05) is 37.0 Å². The quantitative estimate of drug-likeness (QED) is 0.533. The third-order valence-corrected chi connectivity index (χ3v) is 8.17. The van der Waals surface area contributed by atoms with Crippen LogP contribution >= 0.6 is 23.1 Å². The molecule has 0 bridgehead atoms. The van der Waals surface area contributed by atoms with Gasteiger partial charge < -0.3 is 15.1 Å². The first-order chi connectivity index (χ1) is 17.1. The van der Waals surface area contributed by atoms with E-state index in [-0.39, 0.29) is 37.4 Å². The molecule has 3 amide bonds. The molecule has 0 radical (unpaired) electrons. The largest absolute Gasteiger partial charge is 0.417 e. The summed E-state index contributed by atoms with van der Waals surface area (Å²) < 4.78 is 42.4. The fourth-order valence-corrected chi connectivity index (χ4v) is 5.82. The van der Waals surface area contributed by atoms with Crippen molar-refractivity contribution in [1.29, 1.82) is 0 Å². The summed E-state index contributed by atoms with van der Waals surface area (Å²) in [6.07, 6.45) is 0.206. The zero-order valence-electron chi connectivity index (χ0n) is 19.6. The Hall–Kier alpha value is -2.86. The van der Waals surface area contributed by atoms with Crippen LogP contribution in [0.3, 0.4) is 0 Å². The summed E-state index contributed by atoms with van der Waals surface area (Å²) in [5.41, 5.74) is -1.04. The zero-order valence-corrected chi connectivity index (χ0v) is 21.2. The molecule has 12 heteroatoms. The number of carbonyl (C=O) groups excluding carboxylic acids is 3. The number of halogens is 3. The monoisotopic (exact) mass is 538 g/mol.